The van der Waals surface area contributed by atoms with Gasteiger partial charge in [-0.25, -0.2) is 0 Å². The summed E-state index contributed by atoms with van der Waals surface area (Å²) in [5.41, 5.74) is 2.11. The Balaban J connectivity index is 1.96. The van der Waals surface area contributed by atoms with Crippen LogP contribution in [-0.2, 0) is 4.84 Å². The SMILES string of the molecule is CC(CN1c2ccccc2Sc2ccccc21)O[N+](=O)[O-]. The maximum Gasteiger partial charge on any atom is 0.294 e. The molecule has 2 aromatic carbocycles. The number of hydrogen-bond acceptors (Lipinski definition) is 5. The third-order valence-corrected chi connectivity index (χ3v) is 4.37. The van der Waals surface area contributed by atoms with E-state index in [0.717, 1.165) is 21.2 Å². The van der Waals surface area contributed by atoms with Gasteiger partial charge in [0.25, 0.3) is 5.09 Å². The molecule has 1 atom stereocenters. The molecule has 108 valence electrons. The molecule has 3 rings (SSSR count). The fourth-order valence-corrected chi connectivity index (χ4v) is 3.51. The molecule has 0 N–H and O–H groups in total. The third-order valence-electron chi connectivity index (χ3n) is 3.24. The fourth-order valence-electron chi connectivity index (χ4n) is 2.42. The lowest BCUT2D eigenvalue weighted by Gasteiger charge is -2.33. The minimum Gasteiger partial charge on any atom is -0.337 e. The van der Waals surface area contributed by atoms with Crippen LogP contribution >= 0.6 is 11.8 Å². The molecule has 0 radical (unpaired) electrons. The predicted molar refractivity (Wildman–Crippen MR) is 81.6 cm³/mol. The summed E-state index contributed by atoms with van der Waals surface area (Å²) in [6, 6.07) is 16.1. The molecule has 2 aromatic rings. The van der Waals surface area contributed by atoms with Gasteiger partial charge in [0, 0.05) is 16.3 Å². The third kappa shape index (κ3) is 2.80. The van der Waals surface area contributed by atoms with E-state index in [1.165, 1.54) is 0 Å². The molecule has 0 aromatic heterocycles. The molecule has 0 saturated carbocycles. The van der Waals surface area contributed by atoms with Gasteiger partial charge in [0.15, 0.2) is 0 Å². The highest BCUT2D eigenvalue weighted by Crippen LogP contribution is 2.47. The van der Waals surface area contributed by atoms with Crippen molar-refractivity contribution < 1.29 is 9.92 Å². The number of rotatable bonds is 4. The highest BCUT2D eigenvalue weighted by Gasteiger charge is 2.24. The van der Waals surface area contributed by atoms with Gasteiger partial charge in [-0.1, -0.05) is 36.0 Å². The van der Waals surface area contributed by atoms with Crippen molar-refractivity contribution in [1.29, 1.82) is 0 Å². The minimum atomic E-state index is -0.735. The zero-order chi connectivity index (χ0) is 14.8. The number of anilines is 2. The fraction of sp³-hybridized carbons (Fsp3) is 0.200. The van der Waals surface area contributed by atoms with E-state index in [1.807, 2.05) is 36.4 Å². The van der Waals surface area contributed by atoms with Crippen LogP contribution in [-0.4, -0.2) is 17.7 Å². The number of benzene rings is 2. The van der Waals surface area contributed by atoms with Gasteiger partial charge in [-0.15, -0.1) is 10.1 Å². The highest BCUT2D eigenvalue weighted by molar-refractivity contribution is 7.99. The van der Waals surface area contributed by atoms with E-state index >= 15 is 0 Å². The van der Waals surface area contributed by atoms with Crippen LogP contribution < -0.4 is 4.90 Å². The zero-order valence-electron chi connectivity index (χ0n) is 11.4. The van der Waals surface area contributed by atoms with Crippen LogP contribution in [0.25, 0.3) is 0 Å². The smallest absolute Gasteiger partial charge is 0.294 e. The Morgan fingerprint density at radius 3 is 2.19 bits per heavy atom. The second kappa shape index (κ2) is 5.65. The standard InChI is InChI=1S/C15H14N2O3S/c1-11(20-17(18)19)10-16-12-6-2-4-8-14(12)21-15-9-5-3-7-13(15)16/h2-9,11H,10H2,1H3. The molecule has 0 spiro atoms. The van der Waals surface area contributed by atoms with Crippen molar-refractivity contribution in [2.45, 2.75) is 22.8 Å². The molecule has 5 nitrogen and oxygen atoms in total. The van der Waals surface area contributed by atoms with Gasteiger partial charge >= 0.3 is 0 Å². The lowest BCUT2D eigenvalue weighted by Crippen LogP contribution is -2.31. The normalized spacial score (nSPS) is 14.0. The van der Waals surface area contributed by atoms with E-state index in [4.69, 9.17) is 0 Å². The summed E-state index contributed by atoms with van der Waals surface area (Å²) in [5.74, 6) is 0. The van der Waals surface area contributed by atoms with Crippen molar-refractivity contribution in [2.75, 3.05) is 11.4 Å². The maximum atomic E-state index is 10.5. The zero-order valence-corrected chi connectivity index (χ0v) is 12.2. The molecule has 0 aliphatic carbocycles. The molecule has 1 heterocycles. The van der Waals surface area contributed by atoms with E-state index in [2.05, 4.69) is 21.9 Å². The van der Waals surface area contributed by atoms with Crippen LogP contribution in [0.2, 0.25) is 0 Å². The van der Waals surface area contributed by atoms with Gasteiger partial charge in [0.2, 0.25) is 0 Å². The van der Waals surface area contributed by atoms with Crippen molar-refractivity contribution in [3.05, 3.63) is 58.6 Å². The van der Waals surface area contributed by atoms with E-state index in [1.54, 1.807) is 18.7 Å². The first-order valence-corrected chi connectivity index (χ1v) is 7.41. The summed E-state index contributed by atoms with van der Waals surface area (Å²) in [5, 5.41) is 9.77. The number of hydrogen-bond donors (Lipinski definition) is 0. The van der Waals surface area contributed by atoms with Gasteiger partial charge in [0.05, 0.1) is 11.4 Å². The summed E-state index contributed by atoms with van der Waals surface area (Å²) in [7, 11) is 0. The first-order chi connectivity index (χ1) is 10.1. The Morgan fingerprint density at radius 2 is 1.67 bits per heavy atom. The largest absolute Gasteiger partial charge is 0.337 e. The van der Waals surface area contributed by atoms with Crippen LogP contribution in [0.4, 0.5) is 11.4 Å². The second-order valence-electron chi connectivity index (χ2n) is 4.79. The lowest BCUT2D eigenvalue weighted by molar-refractivity contribution is -0.766. The Hall–Kier alpha value is -2.21. The van der Waals surface area contributed by atoms with Crippen molar-refractivity contribution >= 4 is 23.1 Å². The predicted octanol–water partition coefficient (Wildman–Crippen LogP) is 3.89. The minimum absolute atomic E-state index is 0.426. The van der Waals surface area contributed by atoms with Crippen LogP contribution in [0, 0.1) is 10.1 Å². The Kier molecular flexibility index (Phi) is 3.70. The van der Waals surface area contributed by atoms with Gasteiger partial charge in [-0.3, -0.25) is 0 Å². The first-order valence-electron chi connectivity index (χ1n) is 6.60. The summed E-state index contributed by atoms with van der Waals surface area (Å²) < 4.78 is 0. The Bertz CT molecular complexity index is 632. The van der Waals surface area contributed by atoms with Crippen LogP contribution in [0.15, 0.2) is 58.3 Å². The molecule has 0 amide bonds. The molecule has 21 heavy (non-hydrogen) atoms. The molecule has 6 heteroatoms. The monoisotopic (exact) mass is 302 g/mol. The Morgan fingerprint density at radius 1 is 1.14 bits per heavy atom. The molecule has 1 unspecified atom stereocenters. The molecule has 1 aliphatic heterocycles. The van der Waals surface area contributed by atoms with Crippen LogP contribution in [0.5, 0.6) is 0 Å². The molecule has 0 bridgehead atoms. The second-order valence-corrected chi connectivity index (χ2v) is 5.87. The summed E-state index contributed by atoms with van der Waals surface area (Å²) in [6.45, 7) is 2.13. The van der Waals surface area contributed by atoms with E-state index in [-0.39, 0.29) is 0 Å². The van der Waals surface area contributed by atoms with Gasteiger partial charge in [-0.05, 0) is 31.2 Å². The van der Waals surface area contributed by atoms with Crippen LogP contribution in [0.1, 0.15) is 6.92 Å². The average Bonchev–Trinajstić information content (AvgIpc) is 2.46. The Labute approximate surface area is 126 Å². The molecule has 1 aliphatic rings. The van der Waals surface area contributed by atoms with Crippen LogP contribution in [0.3, 0.4) is 0 Å². The van der Waals surface area contributed by atoms with Gasteiger partial charge in [0.1, 0.15) is 6.10 Å². The molecule has 0 saturated heterocycles. The molecular formula is C15H14N2O3S. The lowest BCUT2D eigenvalue weighted by atomic mass is 10.2. The van der Waals surface area contributed by atoms with Gasteiger partial charge in [-0.2, -0.15) is 0 Å². The van der Waals surface area contributed by atoms with E-state index < -0.39 is 11.2 Å². The maximum absolute atomic E-state index is 10.5. The summed E-state index contributed by atoms with van der Waals surface area (Å²) >= 11 is 1.71. The number of nitrogens with zero attached hydrogens (tertiary/aromatic N) is 2. The summed E-state index contributed by atoms with van der Waals surface area (Å²) in [6.07, 6.45) is -0.510. The van der Waals surface area contributed by atoms with E-state index in [9.17, 15) is 10.1 Å². The molecular weight excluding hydrogens is 288 g/mol. The van der Waals surface area contributed by atoms with Crippen molar-refractivity contribution in [2.24, 2.45) is 0 Å². The van der Waals surface area contributed by atoms with Crippen molar-refractivity contribution in [3.8, 4) is 0 Å². The number of fused-ring (bicyclic) bond motifs is 2. The average molecular weight is 302 g/mol. The van der Waals surface area contributed by atoms with Crippen molar-refractivity contribution in [1.82, 2.24) is 0 Å². The van der Waals surface area contributed by atoms with Gasteiger partial charge < -0.3 is 9.74 Å². The van der Waals surface area contributed by atoms with E-state index in [0.29, 0.717) is 6.54 Å². The molecule has 0 fully saturated rings. The first kappa shape index (κ1) is 13.8. The quantitative estimate of drug-likeness (QED) is 0.633. The highest BCUT2D eigenvalue weighted by atomic mass is 32.2. The topological polar surface area (TPSA) is 55.6 Å². The van der Waals surface area contributed by atoms with Crippen molar-refractivity contribution in [3.63, 3.8) is 0 Å². The summed E-state index contributed by atoms with van der Waals surface area (Å²) in [4.78, 5) is 19.5. The number of para-hydroxylation sites is 2.